The van der Waals surface area contributed by atoms with Crippen molar-refractivity contribution in [2.75, 3.05) is 5.94 Å². The molecule has 0 unspecified atom stereocenters. The summed E-state index contributed by atoms with van der Waals surface area (Å²) >= 11 is 0. The Labute approximate surface area is 117 Å². The summed E-state index contributed by atoms with van der Waals surface area (Å²) < 4.78 is 52.1. The fourth-order valence-corrected chi connectivity index (χ4v) is 3.83. The van der Waals surface area contributed by atoms with Gasteiger partial charge in [-0.15, -0.1) is 0 Å². The zero-order valence-electron chi connectivity index (χ0n) is 10.3. The largest absolute Gasteiger partial charge is 0.297 e. The second-order valence-electron chi connectivity index (χ2n) is 3.93. The molecule has 5 nitrogen and oxygen atoms in total. The van der Waals surface area contributed by atoms with E-state index in [2.05, 4.69) is 4.18 Å². The van der Waals surface area contributed by atoms with Gasteiger partial charge in [-0.2, -0.15) is 8.42 Å². The molecule has 0 amide bonds. The monoisotopic (exact) mass is 312 g/mol. The van der Waals surface area contributed by atoms with Crippen LogP contribution in [-0.4, -0.2) is 22.8 Å². The molecule has 0 aliphatic rings. The number of benzene rings is 2. The van der Waals surface area contributed by atoms with Crippen molar-refractivity contribution < 1.29 is 21.0 Å². The first-order valence-electron chi connectivity index (χ1n) is 5.64. The average Bonchev–Trinajstić information content (AvgIpc) is 2.47. The highest BCUT2D eigenvalue weighted by Gasteiger charge is 2.21. The molecule has 2 aromatic rings. The fourth-order valence-electron chi connectivity index (χ4n) is 1.48. The number of rotatable bonds is 5. The third kappa shape index (κ3) is 3.44. The van der Waals surface area contributed by atoms with Gasteiger partial charge in [-0.25, -0.2) is 12.6 Å². The summed E-state index contributed by atoms with van der Waals surface area (Å²) in [5, 5.41) is 0. The first-order chi connectivity index (χ1) is 9.42. The third-order valence-corrected chi connectivity index (χ3v) is 5.34. The Morgan fingerprint density at radius 2 is 1.15 bits per heavy atom. The van der Waals surface area contributed by atoms with Crippen molar-refractivity contribution in [3.63, 3.8) is 0 Å². The number of hydrogen-bond donors (Lipinski definition) is 0. The van der Waals surface area contributed by atoms with Crippen LogP contribution in [0.4, 0.5) is 0 Å². The van der Waals surface area contributed by atoms with Crippen molar-refractivity contribution in [2.24, 2.45) is 0 Å². The summed E-state index contributed by atoms with van der Waals surface area (Å²) in [6, 6.07) is 14.9. The summed E-state index contributed by atoms with van der Waals surface area (Å²) in [6.07, 6.45) is 0. The van der Waals surface area contributed by atoms with Gasteiger partial charge in [-0.1, -0.05) is 36.4 Å². The molecule has 2 aromatic carbocycles. The molecule has 7 heteroatoms. The first-order valence-corrected chi connectivity index (χ1v) is 8.70. The van der Waals surface area contributed by atoms with Crippen molar-refractivity contribution in [1.82, 2.24) is 0 Å². The Morgan fingerprint density at radius 3 is 1.65 bits per heavy atom. The van der Waals surface area contributed by atoms with Crippen LogP contribution in [0, 0.1) is 0 Å². The second-order valence-corrected chi connectivity index (χ2v) is 7.48. The average molecular weight is 312 g/mol. The number of hydrogen-bond acceptors (Lipinski definition) is 5. The predicted molar refractivity (Wildman–Crippen MR) is 73.2 cm³/mol. The summed E-state index contributed by atoms with van der Waals surface area (Å²) in [5.74, 6) is -0.922. The maximum atomic E-state index is 11.9. The van der Waals surface area contributed by atoms with E-state index in [0.717, 1.165) is 0 Å². The molecule has 0 aliphatic heterocycles. The molecule has 0 heterocycles. The minimum Gasteiger partial charge on any atom is -0.250 e. The maximum absolute atomic E-state index is 11.9. The van der Waals surface area contributed by atoms with E-state index >= 15 is 0 Å². The van der Waals surface area contributed by atoms with E-state index in [1.54, 1.807) is 24.3 Å². The van der Waals surface area contributed by atoms with Gasteiger partial charge in [-0.05, 0) is 24.3 Å². The third-order valence-electron chi connectivity index (χ3n) is 2.49. The van der Waals surface area contributed by atoms with Crippen LogP contribution in [0.2, 0.25) is 0 Å². The van der Waals surface area contributed by atoms with E-state index in [4.69, 9.17) is 0 Å². The molecule has 0 aromatic heterocycles. The van der Waals surface area contributed by atoms with Crippen molar-refractivity contribution in [2.45, 2.75) is 9.79 Å². The maximum Gasteiger partial charge on any atom is 0.297 e. The molecule has 106 valence electrons. The van der Waals surface area contributed by atoms with Gasteiger partial charge in [-0.3, -0.25) is 0 Å². The zero-order valence-corrected chi connectivity index (χ0v) is 12.0. The van der Waals surface area contributed by atoms with Gasteiger partial charge in [0.15, 0.2) is 5.94 Å². The lowest BCUT2D eigenvalue weighted by Gasteiger charge is -2.06. The molecular formula is C13H12O5S2. The van der Waals surface area contributed by atoms with Crippen LogP contribution in [0.1, 0.15) is 0 Å². The molecule has 0 N–H and O–H groups in total. The van der Waals surface area contributed by atoms with E-state index in [1.807, 2.05) is 0 Å². The SMILES string of the molecule is O=S(=O)(COS(=O)(=O)c1ccccc1)c1ccccc1. The summed E-state index contributed by atoms with van der Waals surface area (Å²) in [6.45, 7) is 0. The van der Waals surface area contributed by atoms with E-state index in [-0.39, 0.29) is 9.79 Å². The van der Waals surface area contributed by atoms with Crippen LogP contribution in [-0.2, 0) is 24.1 Å². The summed E-state index contributed by atoms with van der Waals surface area (Å²) in [7, 11) is -7.88. The van der Waals surface area contributed by atoms with E-state index in [1.165, 1.54) is 36.4 Å². The first kappa shape index (κ1) is 14.7. The lowest BCUT2D eigenvalue weighted by molar-refractivity contribution is 0.368. The highest BCUT2D eigenvalue weighted by molar-refractivity contribution is 7.92. The minimum absolute atomic E-state index is 0.0169. The topological polar surface area (TPSA) is 77.5 Å². The normalized spacial score (nSPS) is 12.2. The van der Waals surface area contributed by atoms with Gasteiger partial charge >= 0.3 is 0 Å². The molecular weight excluding hydrogens is 300 g/mol. The summed E-state index contributed by atoms with van der Waals surface area (Å²) in [4.78, 5) is -0.0634. The van der Waals surface area contributed by atoms with E-state index in [9.17, 15) is 16.8 Å². The van der Waals surface area contributed by atoms with Crippen molar-refractivity contribution >= 4 is 20.0 Å². The van der Waals surface area contributed by atoms with Crippen LogP contribution >= 0.6 is 0 Å². The van der Waals surface area contributed by atoms with Gasteiger partial charge in [0.05, 0.1) is 9.79 Å². The van der Waals surface area contributed by atoms with Crippen LogP contribution in [0.5, 0.6) is 0 Å². The van der Waals surface area contributed by atoms with Gasteiger partial charge in [0.2, 0.25) is 9.84 Å². The molecule has 0 spiro atoms. The van der Waals surface area contributed by atoms with Crippen molar-refractivity contribution in [3.05, 3.63) is 60.7 Å². The Hall–Kier alpha value is -1.70. The van der Waals surface area contributed by atoms with Crippen LogP contribution in [0.15, 0.2) is 70.5 Å². The molecule has 20 heavy (non-hydrogen) atoms. The van der Waals surface area contributed by atoms with Gasteiger partial charge in [0.1, 0.15) is 0 Å². The zero-order chi connectivity index (χ0) is 14.6. The molecule has 0 fully saturated rings. The Kier molecular flexibility index (Phi) is 4.22. The quantitative estimate of drug-likeness (QED) is 0.787. The predicted octanol–water partition coefficient (Wildman–Crippen LogP) is 1.82. The van der Waals surface area contributed by atoms with Crippen molar-refractivity contribution in [1.29, 1.82) is 0 Å². The van der Waals surface area contributed by atoms with Gasteiger partial charge in [0, 0.05) is 0 Å². The molecule has 0 aliphatic carbocycles. The smallest absolute Gasteiger partial charge is 0.250 e. The highest BCUT2D eigenvalue weighted by Crippen LogP contribution is 2.15. The molecule has 0 bridgehead atoms. The molecule has 2 rings (SSSR count). The Morgan fingerprint density at radius 1 is 0.700 bits per heavy atom. The standard InChI is InChI=1S/C13H12O5S2/c14-19(15,12-7-3-1-4-8-12)11-18-20(16,17)13-9-5-2-6-10-13/h1-10H,11H2. The lowest BCUT2D eigenvalue weighted by atomic mass is 10.4. The number of sulfone groups is 1. The second kappa shape index (κ2) is 5.74. The minimum atomic E-state index is -4.08. The van der Waals surface area contributed by atoms with Gasteiger partial charge < -0.3 is 0 Å². The fraction of sp³-hybridized carbons (Fsp3) is 0.0769. The van der Waals surface area contributed by atoms with Crippen LogP contribution < -0.4 is 0 Å². The van der Waals surface area contributed by atoms with E-state index in [0.29, 0.717) is 0 Å². The molecule has 0 saturated carbocycles. The van der Waals surface area contributed by atoms with Crippen LogP contribution in [0.3, 0.4) is 0 Å². The van der Waals surface area contributed by atoms with Gasteiger partial charge in [0.25, 0.3) is 10.1 Å². The highest BCUT2D eigenvalue weighted by atomic mass is 32.2. The molecule has 0 radical (unpaired) electrons. The molecule has 0 atom stereocenters. The molecule has 0 saturated heterocycles. The van der Waals surface area contributed by atoms with E-state index < -0.39 is 25.9 Å². The van der Waals surface area contributed by atoms with Crippen LogP contribution in [0.25, 0.3) is 0 Å². The Bertz CT molecular complexity index is 697. The van der Waals surface area contributed by atoms with Crippen molar-refractivity contribution in [3.8, 4) is 0 Å². The summed E-state index contributed by atoms with van der Waals surface area (Å²) in [5.41, 5.74) is 0. The Balaban J connectivity index is 2.17. The lowest BCUT2D eigenvalue weighted by Crippen LogP contribution is -2.15.